The number of phenols is 1. The molecule has 0 bridgehead atoms. The summed E-state index contributed by atoms with van der Waals surface area (Å²) in [7, 11) is -6.26. The monoisotopic (exact) mass is 633 g/mol. The van der Waals surface area contributed by atoms with Gasteiger partial charge >= 0.3 is 0 Å². The second-order valence-electron chi connectivity index (χ2n) is 7.15. The number of nitrogens with zero attached hydrogens (tertiary/aromatic N) is 2. The Morgan fingerprint density at radius 2 is 1.66 bits per heavy atom. The van der Waals surface area contributed by atoms with Gasteiger partial charge in [-0.25, -0.2) is 8.42 Å². The fourth-order valence-electron chi connectivity index (χ4n) is 3.31. The van der Waals surface area contributed by atoms with E-state index in [-0.39, 0.29) is 38.5 Å². The standard InChI is InChI=1S/C21H20IN3O8S2/c1-5-34(27,28)15-9-13(32-3)12(8-14(15)33-4)24-25-20-16(35(29,30)31)7-11-6-10(2)18(22)19(23)17(11)21(20)26/h5-9,26H,1,23H2,2-4H3,(H,29,30,31)/b25-24+. The molecule has 0 aliphatic rings. The van der Waals surface area contributed by atoms with Crippen molar-refractivity contribution in [1.82, 2.24) is 0 Å². The summed E-state index contributed by atoms with van der Waals surface area (Å²) in [6.45, 7) is 5.03. The van der Waals surface area contributed by atoms with Gasteiger partial charge in [-0.2, -0.15) is 8.42 Å². The molecule has 35 heavy (non-hydrogen) atoms. The second-order valence-corrected chi connectivity index (χ2v) is 11.5. The van der Waals surface area contributed by atoms with Crippen molar-refractivity contribution in [3.05, 3.63) is 45.4 Å². The topological polar surface area (TPSA) is 178 Å². The zero-order chi connectivity index (χ0) is 26.3. The number of fused-ring (bicyclic) bond motifs is 1. The van der Waals surface area contributed by atoms with Crippen molar-refractivity contribution in [2.24, 2.45) is 10.2 Å². The highest BCUT2D eigenvalue weighted by Gasteiger charge is 2.25. The van der Waals surface area contributed by atoms with Gasteiger partial charge in [-0.05, 0) is 46.5 Å². The molecule has 3 rings (SSSR count). The first kappa shape index (κ1) is 26.7. The van der Waals surface area contributed by atoms with Crippen molar-refractivity contribution in [3.63, 3.8) is 0 Å². The predicted octanol–water partition coefficient (Wildman–Crippen LogP) is 4.64. The van der Waals surface area contributed by atoms with Gasteiger partial charge in [0.05, 0.1) is 19.9 Å². The number of azo groups is 1. The van der Waals surface area contributed by atoms with E-state index in [1.807, 2.05) is 22.6 Å². The van der Waals surface area contributed by atoms with Crippen LogP contribution in [-0.4, -0.2) is 40.7 Å². The number of hydrogen-bond donors (Lipinski definition) is 3. The first-order valence-electron chi connectivity index (χ1n) is 9.53. The molecule has 0 saturated heterocycles. The van der Waals surface area contributed by atoms with E-state index in [0.717, 1.165) is 23.1 Å². The maximum absolute atomic E-state index is 12.3. The summed E-state index contributed by atoms with van der Waals surface area (Å²) in [5.74, 6) is -0.772. The lowest BCUT2D eigenvalue weighted by atomic mass is 10.0. The Bertz CT molecular complexity index is 1620. The van der Waals surface area contributed by atoms with Crippen LogP contribution in [0.2, 0.25) is 0 Å². The molecule has 0 radical (unpaired) electrons. The zero-order valence-corrected chi connectivity index (χ0v) is 22.4. The third-order valence-electron chi connectivity index (χ3n) is 5.02. The Morgan fingerprint density at radius 1 is 1.03 bits per heavy atom. The minimum atomic E-state index is -4.85. The summed E-state index contributed by atoms with van der Waals surface area (Å²) in [5.41, 5.74) is 6.45. The molecule has 14 heteroatoms. The number of aryl methyl sites for hydroxylation is 1. The Morgan fingerprint density at radius 3 is 2.20 bits per heavy atom. The summed E-state index contributed by atoms with van der Waals surface area (Å²) in [5, 5.41) is 19.8. The molecule has 186 valence electrons. The summed E-state index contributed by atoms with van der Waals surface area (Å²) >= 11 is 1.99. The number of aromatic hydroxyl groups is 1. The molecule has 3 aromatic rings. The number of methoxy groups -OCH3 is 2. The predicted molar refractivity (Wildman–Crippen MR) is 138 cm³/mol. The first-order chi connectivity index (χ1) is 16.3. The number of nitrogen functional groups attached to an aromatic ring is 1. The van der Waals surface area contributed by atoms with Crippen LogP contribution in [0, 0.1) is 10.5 Å². The van der Waals surface area contributed by atoms with Crippen LogP contribution < -0.4 is 15.2 Å². The van der Waals surface area contributed by atoms with Crippen molar-refractivity contribution >= 4 is 70.4 Å². The van der Waals surface area contributed by atoms with E-state index in [1.165, 1.54) is 20.3 Å². The molecule has 0 unspecified atom stereocenters. The Balaban J connectivity index is 2.34. The zero-order valence-electron chi connectivity index (χ0n) is 18.6. The summed E-state index contributed by atoms with van der Waals surface area (Å²) in [6, 6.07) is 5.06. The van der Waals surface area contributed by atoms with Crippen molar-refractivity contribution in [1.29, 1.82) is 0 Å². The number of hydrogen-bond acceptors (Lipinski definition) is 10. The molecule has 0 aliphatic carbocycles. The fourth-order valence-corrected chi connectivity index (χ4v) is 5.27. The van der Waals surface area contributed by atoms with Gasteiger partial charge in [0.15, 0.2) is 5.75 Å². The summed E-state index contributed by atoms with van der Waals surface area (Å²) in [4.78, 5) is -0.946. The Labute approximate surface area is 215 Å². The number of benzene rings is 3. The first-order valence-corrected chi connectivity index (χ1v) is 13.6. The van der Waals surface area contributed by atoms with Gasteiger partial charge in [0.25, 0.3) is 10.1 Å². The minimum Gasteiger partial charge on any atom is -0.505 e. The molecule has 0 fully saturated rings. The van der Waals surface area contributed by atoms with E-state index >= 15 is 0 Å². The van der Waals surface area contributed by atoms with E-state index in [4.69, 9.17) is 15.2 Å². The average molecular weight is 633 g/mol. The second kappa shape index (κ2) is 9.60. The summed E-state index contributed by atoms with van der Waals surface area (Å²) in [6.07, 6.45) is 0. The van der Waals surface area contributed by atoms with Gasteiger partial charge in [0.2, 0.25) is 9.84 Å². The van der Waals surface area contributed by atoms with E-state index in [2.05, 4.69) is 16.8 Å². The SMILES string of the molecule is C=CS(=O)(=O)c1cc(OC)c(/N=N/c2c(S(=O)(=O)O)cc3cc(C)c(I)c(N)c3c2O)cc1OC. The summed E-state index contributed by atoms with van der Waals surface area (Å²) < 4.78 is 69.6. The number of anilines is 1. The van der Waals surface area contributed by atoms with Crippen LogP contribution in [0.15, 0.2) is 56.3 Å². The number of halogens is 1. The molecule has 0 aliphatic heterocycles. The maximum Gasteiger partial charge on any atom is 0.296 e. The largest absolute Gasteiger partial charge is 0.505 e. The van der Waals surface area contributed by atoms with Crippen molar-refractivity contribution in [3.8, 4) is 17.2 Å². The van der Waals surface area contributed by atoms with Crippen LogP contribution >= 0.6 is 22.6 Å². The van der Waals surface area contributed by atoms with Crippen LogP contribution in [-0.2, 0) is 20.0 Å². The molecule has 0 spiro atoms. The number of ether oxygens (including phenoxy) is 2. The van der Waals surface area contributed by atoms with Crippen LogP contribution in [0.1, 0.15) is 5.56 Å². The lowest BCUT2D eigenvalue weighted by Crippen LogP contribution is -2.01. The average Bonchev–Trinajstić information content (AvgIpc) is 2.80. The minimum absolute atomic E-state index is 0.0478. The van der Waals surface area contributed by atoms with E-state index in [9.17, 15) is 26.5 Å². The number of rotatable bonds is 7. The smallest absolute Gasteiger partial charge is 0.296 e. The van der Waals surface area contributed by atoms with Crippen LogP contribution in [0.25, 0.3) is 10.8 Å². The molecule has 0 amide bonds. The molecular weight excluding hydrogens is 613 g/mol. The maximum atomic E-state index is 12.3. The normalized spacial score (nSPS) is 12.3. The lowest BCUT2D eigenvalue weighted by molar-refractivity contribution is 0.393. The highest BCUT2D eigenvalue weighted by molar-refractivity contribution is 14.1. The molecule has 11 nitrogen and oxygen atoms in total. The van der Waals surface area contributed by atoms with E-state index in [0.29, 0.717) is 3.57 Å². The Kier molecular flexibility index (Phi) is 7.31. The molecule has 3 aromatic carbocycles. The molecule has 0 heterocycles. The molecule has 0 atom stereocenters. The number of nitrogens with two attached hydrogens (primary N) is 1. The van der Waals surface area contributed by atoms with Crippen molar-refractivity contribution in [2.45, 2.75) is 16.7 Å². The third kappa shape index (κ3) is 4.91. The van der Waals surface area contributed by atoms with Crippen LogP contribution in [0.3, 0.4) is 0 Å². The highest BCUT2D eigenvalue weighted by atomic mass is 127. The van der Waals surface area contributed by atoms with Crippen molar-refractivity contribution in [2.75, 3.05) is 20.0 Å². The molecule has 0 aromatic heterocycles. The Hall–Kier alpha value is -2.95. The number of sulfone groups is 1. The lowest BCUT2D eigenvalue weighted by Gasteiger charge is -2.14. The van der Waals surface area contributed by atoms with Crippen molar-refractivity contribution < 1.29 is 36.0 Å². The number of phenolic OH excluding ortho intramolecular Hbond substituents is 1. The van der Waals surface area contributed by atoms with Gasteiger partial charge in [-0.3, -0.25) is 4.55 Å². The molecule has 4 N–H and O–H groups in total. The van der Waals surface area contributed by atoms with Crippen LogP contribution in [0.4, 0.5) is 17.1 Å². The van der Waals surface area contributed by atoms with Crippen LogP contribution in [0.5, 0.6) is 17.2 Å². The molecule has 0 saturated carbocycles. The fraction of sp³-hybridized carbons (Fsp3) is 0.143. The van der Waals surface area contributed by atoms with Gasteiger partial charge in [-0.15, -0.1) is 10.2 Å². The van der Waals surface area contributed by atoms with Gasteiger partial charge in [0, 0.05) is 26.5 Å². The van der Waals surface area contributed by atoms with E-state index < -0.39 is 36.3 Å². The van der Waals surface area contributed by atoms with E-state index in [1.54, 1.807) is 13.0 Å². The van der Waals surface area contributed by atoms with Gasteiger partial charge in [-0.1, -0.05) is 12.6 Å². The van der Waals surface area contributed by atoms with Gasteiger partial charge in [0.1, 0.15) is 32.7 Å². The highest BCUT2D eigenvalue weighted by Crippen LogP contribution is 2.46. The molecular formula is C21H20IN3O8S2. The van der Waals surface area contributed by atoms with Gasteiger partial charge < -0.3 is 20.3 Å². The quantitative estimate of drug-likeness (QED) is 0.145. The third-order valence-corrected chi connectivity index (χ3v) is 8.69.